The number of rotatable bonds is 6. The fourth-order valence-corrected chi connectivity index (χ4v) is 8.92. The highest BCUT2D eigenvalue weighted by molar-refractivity contribution is 6.27. The van der Waals surface area contributed by atoms with Crippen LogP contribution in [0.4, 0.5) is 0 Å². The van der Waals surface area contributed by atoms with E-state index >= 15 is 0 Å². The van der Waals surface area contributed by atoms with Crippen LogP contribution in [0.15, 0.2) is 217 Å². The summed E-state index contributed by atoms with van der Waals surface area (Å²) in [4.78, 5) is 15.8. The minimum atomic E-state index is 0.677. The molecule has 0 aliphatic rings. The third-order valence-corrected chi connectivity index (χ3v) is 11.8. The quantitative estimate of drug-likeness (QED) is 0.158. The standard InChI is InChI=1S/C57H35N3O/c1-3-14-36(15-4-1)38-26-29-39(30-27-38)53-54-45-22-9-11-24-48(45)58-56(47(54)34-52-55(53)46-23-10-12-25-51(46)61-52)44-21-13-20-42(33-44)49-35-50(60-57(59-49)40-17-5-2-6-18-40)43-31-28-37-16-7-8-19-41(37)32-43/h1-35H. The highest BCUT2D eigenvalue weighted by Crippen LogP contribution is 2.47. The largest absolute Gasteiger partial charge is 0.456 e. The van der Waals surface area contributed by atoms with Crippen LogP contribution in [-0.2, 0) is 0 Å². The molecule has 0 fully saturated rings. The third kappa shape index (κ3) is 6.04. The lowest BCUT2D eigenvalue weighted by Crippen LogP contribution is -1.97. The Bertz CT molecular complexity index is 3630. The van der Waals surface area contributed by atoms with Gasteiger partial charge in [0.25, 0.3) is 0 Å². The first kappa shape index (κ1) is 34.8. The zero-order valence-corrected chi connectivity index (χ0v) is 33.0. The Kier molecular flexibility index (Phi) is 8.13. The van der Waals surface area contributed by atoms with Gasteiger partial charge in [-0.2, -0.15) is 0 Å². The summed E-state index contributed by atoms with van der Waals surface area (Å²) in [6, 6.07) is 74.4. The first-order valence-electron chi connectivity index (χ1n) is 20.6. The summed E-state index contributed by atoms with van der Waals surface area (Å²) >= 11 is 0. The molecule has 12 rings (SSSR count). The van der Waals surface area contributed by atoms with Crippen LogP contribution in [0.1, 0.15) is 0 Å². The first-order valence-corrected chi connectivity index (χ1v) is 20.6. The summed E-state index contributed by atoms with van der Waals surface area (Å²) in [6.45, 7) is 0. The number of pyridine rings is 1. The van der Waals surface area contributed by atoms with Gasteiger partial charge in [-0.15, -0.1) is 0 Å². The van der Waals surface area contributed by atoms with Crippen molar-refractivity contribution < 1.29 is 4.42 Å². The maximum Gasteiger partial charge on any atom is 0.160 e. The average molecular weight is 778 g/mol. The molecule has 0 spiro atoms. The Morgan fingerprint density at radius 2 is 0.902 bits per heavy atom. The Hall–Kier alpha value is -8.21. The molecule has 61 heavy (non-hydrogen) atoms. The van der Waals surface area contributed by atoms with E-state index in [4.69, 9.17) is 19.4 Å². The van der Waals surface area contributed by atoms with E-state index in [1.807, 2.05) is 24.3 Å². The fraction of sp³-hybridized carbons (Fsp3) is 0. The van der Waals surface area contributed by atoms with E-state index in [1.165, 1.54) is 21.9 Å². The second kappa shape index (κ2) is 14.3. The molecule has 0 amide bonds. The molecule has 4 heteroatoms. The monoisotopic (exact) mass is 777 g/mol. The van der Waals surface area contributed by atoms with Gasteiger partial charge in [-0.05, 0) is 63.9 Å². The van der Waals surface area contributed by atoms with Crippen molar-refractivity contribution >= 4 is 54.4 Å². The molecule has 0 unspecified atom stereocenters. The van der Waals surface area contributed by atoms with Gasteiger partial charge in [0, 0.05) is 54.7 Å². The lowest BCUT2D eigenvalue weighted by Gasteiger charge is -2.16. The van der Waals surface area contributed by atoms with Crippen LogP contribution >= 0.6 is 0 Å². The summed E-state index contributed by atoms with van der Waals surface area (Å²) in [7, 11) is 0. The number of furan rings is 1. The van der Waals surface area contributed by atoms with Crippen molar-refractivity contribution in [1.29, 1.82) is 0 Å². The minimum absolute atomic E-state index is 0.677. The highest BCUT2D eigenvalue weighted by Gasteiger charge is 2.22. The molecule has 0 saturated carbocycles. The van der Waals surface area contributed by atoms with Crippen LogP contribution in [0, 0.1) is 0 Å². The smallest absolute Gasteiger partial charge is 0.160 e. The number of aromatic nitrogens is 3. The lowest BCUT2D eigenvalue weighted by molar-refractivity contribution is 0.669. The van der Waals surface area contributed by atoms with Crippen molar-refractivity contribution in [3.8, 4) is 67.4 Å². The predicted molar refractivity (Wildman–Crippen MR) is 252 cm³/mol. The topological polar surface area (TPSA) is 51.8 Å². The van der Waals surface area contributed by atoms with E-state index in [0.29, 0.717) is 5.82 Å². The Morgan fingerprint density at radius 3 is 1.70 bits per heavy atom. The van der Waals surface area contributed by atoms with Crippen molar-refractivity contribution in [1.82, 2.24) is 15.0 Å². The zero-order chi connectivity index (χ0) is 40.3. The Balaban J connectivity index is 1.09. The van der Waals surface area contributed by atoms with Crippen LogP contribution in [0.5, 0.6) is 0 Å². The number of nitrogens with zero attached hydrogens (tertiary/aromatic N) is 3. The minimum Gasteiger partial charge on any atom is -0.456 e. The second-order valence-corrected chi connectivity index (χ2v) is 15.5. The number of fused-ring (bicyclic) bond motifs is 7. The molecular formula is C57H35N3O. The van der Waals surface area contributed by atoms with Crippen molar-refractivity contribution in [3.05, 3.63) is 212 Å². The Morgan fingerprint density at radius 1 is 0.311 bits per heavy atom. The summed E-state index contributed by atoms with van der Waals surface area (Å²) < 4.78 is 6.70. The van der Waals surface area contributed by atoms with Gasteiger partial charge in [-0.1, -0.05) is 176 Å². The SMILES string of the molecule is c1ccc(-c2ccc(-c3c4c(cc5c(-c6cccc(-c7cc(-c8ccc9ccccc9c8)nc(-c8ccccc8)n7)c6)nc6ccccc6c35)oc3ccccc34)cc2)cc1. The molecule has 0 saturated heterocycles. The van der Waals surface area contributed by atoms with Crippen molar-refractivity contribution in [3.63, 3.8) is 0 Å². The van der Waals surface area contributed by atoms with Crippen LogP contribution in [0.3, 0.4) is 0 Å². The molecule has 12 aromatic rings. The zero-order valence-electron chi connectivity index (χ0n) is 33.0. The maximum absolute atomic E-state index is 6.70. The van der Waals surface area contributed by atoms with Crippen LogP contribution in [-0.4, -0.2) is 15.0 Å². The van der Waals surface area contributed by atoms with E-state index in [1.54, 1.807) is 0 Å². The van der Waals surface area contributed by atoms with Gasteiger partial charge < -0.3 is 4.42 Å². The predicted octanol–water partition coefficient (Wildman–Crippen LogP) is 15.2. The van der Waals surface area contributed by atoms with Gasteiger partial charge in [0.05, 0.1) is 22.6 Å². The lowest BCUT2D eigenvalue weighted by atomic mass is 9.88. The molecule has 0 bridgehead atoms. The van der Waals surface area contributed by atoms with Gasteiger partial charge in [0.2, 0.25) is 0 Å². The molecule has 0 atom stereocenters. The highest BCUT2D eigenvalue weighted by atomic mass is 16.3. The molecule has 9 aromatic carbocycles. The van der Waals surface area contributed by atoms with E-state index in [2.05, 4.69) is 188 Å². The van der Waals surface area contributed by atoms with Crippen molar-refractivity contribution in [2.75, 3.05) is 0 Å². The summed E-state index contributed by atoms with van der Waals surface area (Å²) in [6.07, 6.45) is 0. The second-order valence-electron chi connectivity index (χ2n) is 15.5. The maximum atomic E-state index is 6.70. The van der Waals surface area contributed by atoms with Crippen molar-refractivity contribution in [2.24, 2.45) is 0 Å². The van der Waals surface area contributed by atoms with Crippen LogP contribution in [0.2, 0.25) is 0 Å². The molecular weight excluding hydrogens is 743 g/mol. The Labute approximate surface area is 352 Å². The average Bonchev–Trinajstić information content (AvgIpc) is 3.71. The third-order valence-electron chi connectivity index (χ3n) is 11.8. The van der Waals surface area contributed by atoms with Gasteiger partial charge >= 0.3 is 0 Å². The number of hydrogen-bond donors (Lipinski definition) is 0. The first-order chi connectivity index (χ1) is 30.2. The number of benzene rings is 9. The van der Waals surface area contributed by atoms with Gasteiger partial charge in [0.1, 0.15) is 11.2 Å². The summed E-state index contributed by atoms with van der Waals surface area (Å²) in [5.41, 5.74) is 13.8. The van der Waals surface area contributed by atoms with E-state index in [0.717, 1.165) is 94.1 Å². The summed E-state index contributed by atoms with van der Waals surface area (Å²) in [5, 5.41) is 7.81. The van der Waals surface area contributed by atoms with E-state index < -0.39 is 0 Å². The molecule has 4 nitrogen and oxygen atoms in total. The van der Waals surface area contributed by atoms with Gasteiger partial charge in [0.15, 0.2) is 5.82 Å². The van der Waals surface area contributed by atoms with Gasteiger partial charge in [-0.25, -0.2) is 15.0 Å². The van der Waals surface area contributed by atoms with Crippen LogP contribution < -0.4 is 0 Å². The molecule has 0 N–H and O–H groups in total. The van der Waals surface area contributed by atoms with Crippen LogP contribution in [0.25, 0.3) is 122 Å². The molecule has 284 valence electrons. The molecule has 3 heterocycles. The normalized spacial score (nSPS) is 11.6. The fourth-order valence-electron chi connectivity index (χ4n) is 8.92. The van der Waals surface area contributed by atoms with Gasteiger partial charge in [-0.3, -0.25) is 0 Å². The molecule has 0 aliphatic heterocycles. The van der Waals surface area contributed by atoms with E-state index in [-0.39, 0.29) is 0 Å². The van der Waals surface area contributed by atoms with E-state index in [9.17, 15) is 0 Å². The number of para-hydroxylation sites is 2. The summed E-state index contributed by atoms with van der Waals surface area (Å²) in [5.74, 6) is 0.677. The van der Waals surface area contributed by atoms with Crippen molar-refractivity contribution in [2.45, 2.75) is 0 Å². The number of hydrogen-bond acceptors (Lipinski definition) is 4. The molecule has 0 radical (unpaired) electrons. The molecule has 3 aromatic heterocycles. The molecule has 0 aliphatic carbocycles.